The van der Waals surface area contributed by atoms with Gasteiger partial charge in [-0.25, -0.2) is 9.59 Å². The van der Waals surface area contributed by atoms with E-state index in [0.717, 1.165) is 0 Å². The molecule has 0 spiro atoms. The Kier molecular flexibility index (Phi) is 7.49. The standard InChI is InChI=1S/C19H16ClF2NO6/c1-10(28-18(26)12-5-3-11(4-6-12)17(25)27-2)16(24)23-13-7-8-15(14(20)9-13)29-19(21)22/h3-10,19H,1-2H3,(H,23,24)/t10-/m0/s1. The molecule has 7 nitrogen and oxygen atoms in total. The number of esters is 2. The lowest BCUT2D eigenvalue weighted by Gasteiger charge is -2.14. The average Bonchev–Trinajstić information content (AvgIpc) is 2.69. The van der Waals surface area contributed by atoms with E-state index >= 15 is 0 Å². The first-order chi connectivity index (χ1) is 13.7. The molecule has 0 aliphatic carbocycles. The summed E-state index contributed by atoms with van der Waals surface area (Å²) in [7, 11) is 1.23. The first-order valence-corrected chi connectivity index (χ1v) is 8.53. The molecular formula is C19H16ClF2NO6. The zero-order chi connectivity index (χ0) is 21.6. The summed E-state index contributed by atoms with van der Waals surface area (Å²) in [5.41, 5.74) is 0.590. The Morgan fingerprint density at radius 1 is 1.00 bits per heavy atom. The van der Waals surface area contributed by atoms with E-state index < -0.39 is 30.6 Å². The predicted molar refractivity (Wildman–Crippen MR) is 99.4 cm³/mol. The Balaban J connectivity index is 1.97. The van der Waals surface area contributed by atoms with Gasteiger partial charge in [0.25, 0.3) is 5.91 Å². The fraction of sp³-hybridized carbons (Fsp3) is 0.211. The van der Waals surface area contributed by atoms with Crippen LogP contribution in [0.2, 0.25) is 5.02 Å². The van der Waals surface area contributed by atoms with Crippen LogP contribution in [0.15, 0.2) is 42.5 Å². The van der Waals surface area contributed by atoms with Gasteiger partial charge in [0.1, 0.15) is 5.75 Å². The van der Waals surface area contributed by atoms with Crippen molar-refractivity contribution in [3.05, 3.63) is 58.6 Å². The smallest absolute Gasteiger partial charge is 0.387 e. The summed E-state index contributed by atoms with van der Waals surface area (Å²) in [5, 5.41) is 2.32. The number of ether oxygens (including phenoxy) is 3. The fourth-order valence-electron chi connectivity index (χ4n) is 2.16. The van der Waals surface area contributed by atoms with Gasteiger partial charge in [-0.3, -0.25) is 4.79 Å². The number of anilines is 1. The van der Waals surface area contributed by atoms with Gasteiger partial charge in [0, 0.05) is 5.69 Å². The van der Waals surface area contributed by atoms with Crippen LogP contribution < -0.4 is 10.1 Å². The lowest BCUT2D eigenvalue weighted by Crippen LogP contribution is -2.30. The minimum absolute atomic E-state index is 0.126. The summed E-state index contributed by atoms with van der Waals surface area (Å²) >= 11 is 5.82. The normalized spacial score (nSPS) is 11.5. The molecule has 0 heterocycles. The lowest BCUT2D eigenvalue weighted by molar-refractivity contribution is -0.123. The summed E-state index contributed by atoms with van der Waals surface area (Å²) < 4.78 is 38.3. The molecule has 1 N–H and O–H groups in total. The quantitative estimate of drug-likeness (QED) is 0.674. The Hall–Kier alpha value is -3.20. The van der Waals surface area contributed by atoms with Crippen LogP contribution in [0.25, 0.3) is 0 Å². The molecule has 0 aliphatic rings. The van der Waals surface area contributed by atoms with E-state index in [1.165, 1.54) is 56.5 Å². The molecule has 29 heavy (non-hydrogen) atoms. The Bertz CT molecular complexity index is 904. The van der Waals surface area contributed by atoms with Gasteiger partial charge in [0.05, 0.1) is 23.3 Å². The van der Waals surface area contributed by atoms with Crippen LogP contribution >= 0.6 is 11.6 Å². The van der Waals surface area contributed by atoms with Crippen molar-refractivity contribution < 1.29 is 37.4 Å². The highest BCUT2D eigenvalue weighted by Crippen LogP contribution is 2.29. The number of benzene rings is 2. The fourth-order valence-corrected chi connectivity index (χ4v) is 2.38. The molecule has 2 rings (SSSR count). The Morgan fingerprint density at radius 2 is 1.59 bits per heavy atom. The van der Waals surface area contributed by atoms with E-state index in [9.17, 15) is 23.2 Å². The lowest BCUT2D eigenvalue weighted by atomic mass is 10.1. The van der Waals surface area contributed by atoms with Crippen LogP contribution in [0.4, 0.5) is 14.5 Å². The maximum Gasteiger partial charge on any atom is 0.387 e. The summed E-state index contributed by atoms with van der Waals surface area (Å²) in [6.07, 6.45) is -1.17. The highest BCUT2D eigenvalue weighted by atomic mass is 35.5. The first-order valence-electron chi connectivity index (χ1n) is 8.16. The zero-order valence-electron chi connectivity index (χ0n) is 15.3. The zero-order valence-corrected chi connectivity index (χ0v) is 16.0. The van der Waals surface area contributed by atoms with Crippen LogP contribution in [-0.2, 0) is 14.3 Å². The molecule has 0 aromatic heterocycles. The van der Waals surface area contributed by atoms with Crippen LogP contribution in [0, 0.1) is 0 Å². The molecule has 154 valence electrons. The van der Waals surface area contributed by atoms with Crippen LogP contribution in [0.5, 0.6) is 5.75 Å². The number of carbonyl (C=O) groups excluding carboxylic acids is 3. The number of halogens is 3. The Morgan fingerprint density at radius 3 is 2.10 bits per heavy atom. The van der Waals surface area contributed by atoms with Crippen molar-refractivity contribution in [3.63, 3.8) is 0 Å². The summed E-state index contributed by atoms with van der Waals surface area (Å²) in [6, 6.07) is 9.19. The van der Waals surface area contributed by atoms with Crippen LogP contribution in [0.1, 0.15) is 27.6 Å². The minimum atomic E-state index is -3.03. The molecule has 0 aliphatic heterocycles. The molecule has 0 radical (unpaired) electrons. The molecule has 0 unspecified atom stereocenters. The third-order valence-corrected chi connectivity index (χ3v) is 3.91. The topological polar surface area (TPSA) is 90.9 Å². The van der Waals surface area contributed by atoms with E-state index in [1.54, 1.807) is 0 Å². The van der Waals surface area contributed by atoms with E-state index in [2.05, 4.69) is 14.8 Å². The molecule has 0 bridgehead atoms. The van der Waals surface area contributed by atoms with E-state index in [4.69, 9.17) is 16.3 Å². The number of carbonyl (C=O) groups is 3. The van der Waals surface area contributed by atoms with Gasteiger partial charge in [-0.2, -0.15) is 8.78 Å². The second kappa shape index (κ2) is 9.83. The molecule has 2 aromatic rings. The van der Waals surface area contributed by atoms with Crippen molar-refractivity contribution in [1.82, 2.24) is 0 Å². The Labute approximate surface area is 169 Å². The maximum absolute atomic E-state index is 12.2. The van der Waals surface area contributed by atoms with Crippen molar-refractivity contribution in [3.8, 4) is 5.75 Å². The molecule has 10 heteroatoms. The number of nitrogens with one attached hydrogen (secondary N) is 1. The SMILES string of the molecule is COC(=O)c1ccc(C(=O)O[C@@H](C)C(=O)Nc2ccc(OC(F)F)c(Cl)c2)cc1. The highest BCUT2D eigenvalue weighted by Gasteiger charge is 2.20. The van der Waals surface area contributed by atoms with Gasteiger partial charge in [-0.1, -0.05) is 11.6 Å². The third kappa shape index (κ3) is 6.15. The summed E-state index contributed by atoms with van der Waals surface area (Å²) in [5.74, 6) is -2.23. The van der Waals surface area contributed by atoms with Crippen LogP contribution in [0.3, 0.4) is 0 Å². The molecule has 0 fully saturated rings. The van der Waals surface area contributed by atoms with Crippen molar-refractivity contribution in [2.24, 2.45) is 0 Å². The predicted octanol–water partition coefficient (Wildman–Crippen LogP) is 3.91. The second-order valence-corrected chi connectivity index (χ2v) is 6.04. The van der Waals surface area contributed by atoms with Crippen molar-refractivity contribution >= 4 is 35.1 Å². The van der Waals surface area contributed by atoms with Gasteiger partial charge in [-0.05, 0) is 49.4 Å². The summed E-state index contributed by atoms with van der Waals surface area (Å²) in [4.78, 5) is 35.7. The van der Waals surface area contributed by atoms with E-state index in [-0.39, 0.29) is 27.6 Å². The number of alkyl halides is 2. The largest absolute Gasteiger partial charge is 0.465 e. The van der Waals surface area contributed by atoms with Gasteiger partial charge in [-0.15, -0.1) is 0 Å². The number of amides is 1. The number of rotatable bonds is 7. The van der Waals surface area contributed by atoms with Crippen LogP contribution in [-0.4, -0.2) is 37.7 Å². The van der Waals surface area contributed by atoms with Crippen molar-refractivity contribution in [1.29, 1.82) is 0 Å². The monoisotopic (exact) mass is 427 g/mol. The minimum Gasteiger partial charge on any atom is -0.465 e. The number of methoxy groups -OCH3 is 1. The van der Waals surface area contributed by atoms with Crippen molar-refractivity contribution in [2.45, 2.75) is 19.6 Å². The molecule has 0 saturated heterocycles. The molecule has 1 atom stereocenters. The second-order valence-electron chi connectivity index (χ2n) is 5.63. The van der Waals surface area contributed by atoms with Crippen molar-refractivity contribution in [2.75, 3.05) is 12.4 Å². The molecular weight excluding hydrogens is 412 g/mol. The van der Waals surface area contributed by atoms with E-state index in [1.807, 2.05) is 0 Å². The van der Waals surface area contributed by atoms with Gasteiger partial charge >= 0.3 is 18.6 Å². The van der Waals surface area contributed by atoms with Gasteiger partial charge in [0.2, 0.25) is 0 Å². The maximum atomic E-state index is 12.2. The first kappa shape index (κ1) is 22.1. The summed E-state index contributed by atoms with van der Waals surface area (Å²) in [6.45, 7) is -1.68. The average molecular weight is 428 g/mol. The number of hydrogen-bond donors (Lipinski definition) is 1. The molecule has 2 aromatic carbocycles. The number of hydrogen-bond acceptors (Lipinski definition) is 6. The van der Waals surface area contributed by atoms with Gasteiger partial charge in [0.15, 0.2) is 6.10 Å². The molecule has 0 saturated carbocycles. The van der Waals surface area contributed by atoms with E-state index in [0.29, 0.717) is 0 Å². The highest BCUT2D eigenvalue weighted by molar-refractivity contribution is 6.32. The van der Waals surface area contributed by atoms with Gasteiger partial charge < -0.3 is 19.5 Å². The third-order valence-electron chi connectivity index (χ3n) is 3.61. The molecule has 1 amide bonds.